The highest BCUT2D eigenvalue weighted by molar-refractivity contribution is 5.88. The Labute approximate surface area is 92.2 Å². The molecule has 1 aliphatic carbocycles. The molecule has 1 saturated heterocycles. The number of carbonyl (C=O) groups excluding carboxylic acids is 1. The third-order valence-corrected chi connectivity index (χ3v) is 4.11. The van der Waals surface area contributed by atoms with Gasteiger partial charge in [-0.3, -0.25) is 4.79 Å². The van der Waals surface area contributed by atoms with Crippen LogP contribution in [0.5, 0.6) is 0 Å². The fourth-order valence-corrected chi connectivity index (χ4v) is 3.03. The van der Waals surface area contributed by atoms with E-state index in [1.165, 1.54) is 6.42 Å². The van der Waals surface area contributed by atoms with E-state index in [1.807, 2.05) is 7.05 Å². The van der Waals surface area contributed by atoms with Gasteiger partial charge in [0.2, 0.25) is 0 Å². The number of nitrogens with one attached hydrogen (secondary N) is 1. The Morgan fingerprint density at radius 1 is 1.53 bits per heavy atom. The Bertz CT molecular complexity index is 248. The lowest BCUT2D eigenvalue weighted by atomic mass is 9.63. The van der Waals surface area contributed by atoms with Crippen molar-refractivity contribution in [3.63, 3.8) is 0 Å². The predicted octanol–water partition coefficient (Wildman–Crippen LogP) is 0.897. The number of rotatable bonds is 4. The predicted molar refractivity (Wildman–Crippen MR) is 60.8 cm³/mol. The molecule has 2 rings (SSSR count). The summed E-state index contributed by atoms with van der Waals surface area (Å²) in [5.41, 5.74) is 0.00456. The lowest BCUT2D eigenvalue weighted by Gasteiger charge is -2.42. The SMILES string of the molecule is CNCC1(C(=O)C2CCN(C)C2)CCC1. The molecule has 0 aromatic carbocycles. The summed E-state index contributed by atoms with van der Waals surface area (Å²) in [6, 6.07) is 0. The van der Waals surface area contributed by atoms with Crippen molar-refractivity contribution in [3.8, 4) is 0 Å². The van der Waals surface area contributed by atoms with Gasteiger partial charge in [0.05, 0.1) is 0 Å². The monoisotopic (exact) mass is 210 g/mol. The maximum Gasteiger partial charge on any atom is 0.144 e. The largest absolute Gasteiger partial charge is 0.319 e. The maximum absolute atomic E-state index is 12.4. The first-order valence-electron chi connectivity index (χ1n) is 6.05. The van der Waals surface area contributed by atoms with Crippen molar-refractivity contribution in [1.29, 1.82) is 0 Å². The normalized spacial score (nSPS) is 30.1. The summed E-state index contributed by atoms with van der Waals surface area (Å²) in [5, 5.41) is 3.19. The Morgan fingerprint density at radius 3 is 2.67 bits per heavy atom. The van der Waals surface area contributed by atoms with Gasteiger partial charge >= 0.3 is 0 Å². The van der Waals surface area contributed by atoms with Gasteiger partial charge in [-0.15, -0.1) is 0 Å². The number of ketones is 1. The molecule has 1 saturated carbocycles. The summed E-state index contributed by atoms with van der Waals surface area (Å²) in [5.74, 6) is 0.844. The molecule has 0 aromatic rings. The lowest BCUT2D eigenvalue weighted by Crippen LogP contribution is -2.48. The van der Waals surface area contributed by atoms with E-state index in [2.05, 4.69) is 17.3 Å². The van der Waals surface area contributed by atoms with Crippen molar-refractivity contribution >= 4 is 5.78 Å². The minimum atomic E-state index is 0.00456. The number of carbonyl (C=O) groups is 1. The first kappa shape index (κ1) is 11.1. The van der Waals surface area contributed by atoms with Crippen molar-refractivity contribution < 1.29 is 4.79 Å². The molecule has 0 radical (unpaired) electrons. The van der Waals surface area contributed by atoms with Crippen molar-refractivity contribution in [2.45, 2.75) is 25.7 Å². The van der Waals surface area contributed by atoms with Gasteiger partial charge in [-0.1, -0.05) is 6.42 Å². The van der Waals surface area contributed by atoms with Crippen LogP contribution in [0.25, 0.3) is 0 Å². The summed E-state index contributed by atoms with van der Waals surface area (Å²) >= 11 is 0. The van der Waals surface area contributed by atoms with Crippen LogP contribution in [0.4, 0.5) is 0 Å². The fourth-order valence-electron chi connectivity index (χ4n) is 3.03. The molecule has 0 amide bonds. The van der Waals surface area contributed by atoms with E-state index in [0.29, 0.717) is 11.7 Å². The van der Waals surface area contributed by atoms with E-state index in [4.69, 9.17) is 0 Å². The van der Waals surface area contributed by atoms with E-state index < -0.39 is 0 Å². The number of hydrogen-bond donors (Lipinski definition) is 1. The van der Waals surface area contributed by atoms with Crippen LogP contribution >= 0.6 is 0 Å². The third-order valence-electron chi connectivity index (χ3n) is 4.11. The molecule has 15 heavy (non-hydrogen) atoms. The molecular weight excluding hydrogens is 188 g/mol. The molecular formula is C12H22N2O. The molecule has 1 N–H and O–H groups in total. The molecule has 2 fully saturated rings. The summed E-state index contributed by atoms with van der Waals surface area (Å²) in [7, 11) is 4.06. The van der Waals surface area contributed by atoms with E-state index in [9.17, 15) is 4.79 Å². The minimum Gasteiger partial charge on any atom is -0.319 e. The first-order chi connectivity index (χ1) is 7.18. The molecule has 3 heteroatoms. The first-order valence-corrected chi connectivity index (χ1v) is 6.05. The molecule has 1 atom stereocenters. The molecule has 0 spiro atoms. The average molecular weight is 210 g/mol. The molecule has 1 heterocycles. The van der Waals surface area contributed by atoms with Crippen LogP contribution in [0.15, 0.2) is 0 Å². The van der Waals surface area contributed by atoms with Crippen LogP contribution in [0.3, 0.4) is 0 Å². The van der Waals surface area contributed by atoms with Gasteiger partial charge < -0.3 is 10.2 Å². The molecule has 1 aliphatic heterocycles. The summed E-state index contributed by atoms with van der Waals surface area (Å²) in [4.78, 5) is 14.7. The molecule has 0 aromatic heterocycles. The van der Waals surface area contributed by atoms with Gasteiger partial charge in [0.15, 0.2) is 0 Å². The third kappa shape index (κ3) is 1.95. The number of hydrogen-bond acceptors (Lipinski definition) is 3. The van der Waals surface area contributed by atoms with Crippen LogP contribution in [0.2, 0.25) is 0 Å². The van der Waals surface area contributed by atoms with Crippen LogP contribution < -0.4 is 5.32 Å². The fraction of sp³-hybridized carbons (Fsp3) is 0.917. The Balaban J connectivity index is 1.99. The second kappa shape index (κ2) is 4.22. The van der Waals surface area contributed by atoms with E-state index in [1.54, 1.807) is 0 Å². The van der Waals surface area contributed by atoms with Gasteiger partial charge in [-0.25, -0.2) is 0 Å². The van der Waals surface area contributed by atoms with Crippen LogP contribution in [0, 0.1) is 11.3 Å². The molecule has 86 valence electrons. The highest BCUT2D eigenvalue weighted by atomic mass is 16.1. The van der Waals surface area contributed by atoms with E-state index >= 15 is 0 Å². The standard InChI is InChI=1S/C12H22N2O/c1-13-9-12(5-3-6-12)11(15)10-4-7-14(2)8-10/h10,13H,3-9H2,1-2H3. The van der Waals surface area contributed by atoms with Gasteiger partial charge in [0, 0.05) is 24.4 Å². The minimum absolute atomic E-state index is 0.00456. The van der Waals surface area contributed by atoms with Gasteiger partial charge in [0.1, 0.15) is 5.78 Å². The highest BCUT2D eigenvalue weighted by Crippen LogP contribution is 2.44. The zero-order chi connectivity index (χ0) is 10.9. The summed E-state index contributed by atoms with van der Waals surface area (Å²) in [6.45, 7) is 2.95. The number of nitrogens with zero attached hydrogens (tertiary/aromatic N) is 1. The topological polar surface area (TPSA) is 32.3 Å². The van der Waals surface area contributed by atoms with Crippen LogP contribution in [0.1, 0.15) is 25.7 Å². The Hall–Kier alpha value is -0.410. The van der Waals surface area contributed by atoms with Crippen LogP contribution in [-0.2, 0) is 4.79 Å². The average Bonchev–Trinajstić information content (AvgIpc) is 2.57. The highest BCUT2D eigenvalue weighted by Gasteiger charge is 2.46. The van der Waals surface area contributed by atoms with Gasteiger partial charge in [-0.2, -0.15) is 0 Å². The molecule has 0 bridgehead atoms. The number of Topliss-reactive ketones (excluding diaryl/α,β-unsaturated/α-hetero) is 1. The Kier molecular flexibility index (Phi) is 3.12. The maximum atomic E-state index is 12.4. The lowest BCUT2D eigenvalue weighted by molar-refractivity contribution is -0.137. The van der Waals surface area contributed by atoms with Crippen LogP contribution in [-0.4, -0.2) is 44.4 Å². The van der Waals surface area contributed by atoms with Gasteiger partial charge in [-0.05, 0) is 39.9 Å². The van der Waals surface area contributed by atoms with Crippen molar-refractivity contribution in [1.82, 2.24) is 10.2 Å². The number of likely N-dealkylation sites (tertiary alicyclic amines) is 1. The summed E-state index contributed by atoms with van der Waals surface area (Å²) in [6.07, 6.45) is 4.51. The van der Waals surface area contributed by atoms with E-state index in [0.717, 1.165) is 38.9 Å². The quantitative estimate of drug-likeness (QED) is 0.748. The van der Waals surface area contributed by atoms with E-state index in [-0.39, 0.29) is 5.41 Å². The smallest absolute Gasteiger partial charge is 0.144 e. The van der Waals surface area contributed by atoms with Crippen molar-refractivity contribution in [2.24, 2.45) is 11.3 Å². The van der Waals surface area contributed by atoms with Crippen molar-refractivity contribution in [3.05, 3.63) is 0 Å². The van der Waals surface area contributed by atoms with Crippen molar-refractivity contribution in [2.75, 3.05) is 33.7 Å². The molecule has 1 unspecified atom stereocenters. The molecule has 2 aliphatic rings. The molecule has 3 nitrogen and oxygen atoms in total. The summed E-state index contributed by atoms with van der Waals surface area (Å²) < 4.78 is 0. The second-order valence-corrected chi connectivity index (χ2v) is 5.28. The zero-order valence-corrected chi connectivity index (χ0v) is 9.88. The Morgan fingerprint density at radius 2 is 2.27 bits per heavy atom. The second-order valence-electron chi connectivity index (χ2n) is 5.28. The van der Waals surface area contributed by atoms with Gasteiger partial charge in [0.25, 0.3) is 0 Å². The zero-order valence-electron chi connectivity index (χ0n) is 9.88.